The number of anilines is 1. The molecular weight excluding hydrogens is 206 g/mol. The molecule has 0 aliphatic rings. The highest BCUT2D eigenvalue weighted by Gasteiger charge is 2.09. The van der Waals surface area contributed by atoms with E-state index in [4.69, 9.17) is 5.73 Å². The average molecular weight is 221 g/mol. The van der Waals surface area contributed by atoms with Gasteiger partial charge < -0.3 is 5.73 Å². The summed E-state index contributed by atoms with van der Waals surface area (Å²) >= 11 is 1.73. The molecule has 0 aliphatic heterocycles. The van der Waals surface area contributed by atoms with E-state index in [-0.39, 0.29) is 0 Å². The van der Waals surface area contributed by atoms with E-state index in [1.165, 1.54) is 4.88 Å². The Morgan fingerprint density at radius 2 is 2.27 bits per heavy atom. The second-order valence-electron chi connectivity index (χ2n) is 3.61. The normalized spacial score (nSPS) is 10.8. The lowest BCUT2D eigenvalue weighted by Gasteiger charge is -1.95. The maximum atomic E-state index is 5.94. The van der Waals surface area contributed by atoms with Crippen molar-refractivity contribution in [2.75, 3.05) is 5.73 Å². The number of hydrogen-bond donors (Lipinski definition) is 1. The summed E-state index contributed by atoms with van der Waals surface area (Å²) < 4.78 is 1.92. The van der Waals surface area contributed by atoms with Crippen LogP contribution in [-0.2, 0) is 6.54 Å². The highest BCUT2D eigenvalue weighted by molar-refractivity contribution is 7.15. The lowest BCUT2D eigenvalue weighted by atomic mass is 10.3. The third-order valence-electron chi connectivity index (χ3n) is 2.22. The Labute approximate surface area is 93.5 Å². The van der Waals surface area contributed by atoms with Gasteiger partial charge in [-0.05, 0) is 25.5 Å². The van der Waals surface area contributed by atoms with Crippen LogP contribution in [-0.4, -0.2) is 9.78 Å². The Hall–Kier alpha value is -1.29. The summed E-state index contributed by atoms with van der Waals surface area (Å²) in [6.07, 6.45) is 2.98. The Kier molecular flexibility index (Phi) is 2.77. The molecule has 80 valence electrons. The van der Waals surface area contributed by atoms with Gasteiger partial charge in [-0.1, -0.05) is 6.92 Å². The van der Waals surface area contributed by atoms with Crippen molar-refractivity contribution in [1.29, 1.82) is 0 Å². The topological polar surface area (TPSA) is 43.8 Å². The summed E-state index contributed by atoms with van der Waals surface area (Å²) in [5, 5.41) is 4.49. The third kappa shape index (κ3) is 2.04. The van der Waals surface area contributed by atoms with Gasteiger partial charge in [-0.25, -0.2) is 0 Å². The first kappa shape index (κ1) is 10.2. The first-order valence-electron chi connectivity index (χ1n) is 5.10. The molecular formula is C11H15N3S. The van der Waals surface area contributed by atoms with Gasteiger partial charge in [-0.15, -0.1) is 11.3 Å². The molecule has 0 bridgehead atoms. The molecule has 4 heteroatoms. The Morgan fingerprint density at radius 3 is 2.87 bits per heavy atom. The minimum Gasteiger partial charge on any atom is -0.396 e. The molecule has 15 heavy (non-hydrogen) atoms. The molecule has 2 heterocycles. The van der Waals surface area contributed by atoms with Crippen LogP contribution in [0.25, 0.3) is 10.6 Å². The van der Waals surface area contributed by atoms with Crippen LogP contribution >= 0.6 is 11.3 Å². The monoisotopic (exact) mass is 221 g/mol. The Bertz CT molecular complexity index is 456. The van der Waals surface area contributed by atoms with Crippen molar-refractivity contribution in [3.05, 3.63) is 23.2 Å². The molecule has 0 spiro atoms. The molecule has 0 atom stereocenters. The summed E-state index contributed by atoms with van der Waals surface area (Å²) in [5.41, 5.74) is 7.62. The van der Waals surface area contributed by atoms with Crippen molar-refractivity contribution < 1.29 is 0 Å². The van der Waals surface area contributed by atoms with Crippen LogP contribution in [0.5, 0.6) is 0 Å². The van der Waals surface area contributed by atoms with Gasteiger partial charge in [-0.3, -0.25) is 4.68 Å². The van der Waals surface area contributed by atoms with Gasteiger partial charge in [-0.2, -0.15) is 5.10 Å². The molecule has 0 unspecified atom stereocenters. The molecule has 2 rings (SSSR count). The summed E-state index contributed by atoms with van der Waals surface area (Å²) in [6.45, 7) is 5.15. The van der Waals surface area contributed by atoms with Crippen molar-refractivity contribution in [3.8, 4) is 10.6 Å². The van der Waals surface area contributed by atoms with Crippen molar-refractivity contribution in [2.24, 2.45) is 0 Å². The second-order valence-corrected chi connectivity index (χ2v) is 4.89. The standard InChI is InChI=1S/C11H15N3S/c1-3-6-14-7-9(12)11(13-14)10-5-4-8(2)15-10/h4-5,7H,3,6,12H2,1-2H3. The fourth-order valence-corrected chi connectivity index (χ4v) is 2.41. The number of nitrogens with two attached hydrogens (primary N) is 1. The molecule has 0 aliphatic carbocycles. The van der Waals surface area contributed by atoms with Gasteiger partial charge in [0.1, 0.15) is 5.69 Å². The summed E-state index contributed by atoms with van der Waals surface area (Å²) in [5.74, 6) is 0. The van der Waals surface area contributed by atoms with E-state index in [9.17, 15) is 0 Å². The number of thiophene rings is 1. The SMILES string of the molecule is CCCn1cc(N)c(-c2ccc(C)s2)n1. The fraction of sp³-hybridized carbons (Fsp3) is 0.364. The van der Waals surface area contributed by atoms with Crippen LogP contribution in [0.3, 0.4) is 0 Å². The molecule has 0 saturated heterocycles. The van der Waals surface area contributed by atoms with E-state index in [1.807, 2.05) is 10.9 Å². The minimum atomic E-state index is 0.769. The molecule has 2 aromatic rings. The molecule has 0 aromatic carbocycles. The van der Waals surface area contributed by atoms with Crippen molar-refractivity contribution >= 4 is 17.0 Å². The van der Waals surface area contributed by atoms with E-state index in [0.29, 0.717) is 0 Å². The van der Waals surface area contributed by atoms with Gasteiger partial charge >= 0.3 is 0 Å². The van der Waals surface area contributed by atoms with Crippen LogP contribution in [0.2, 0.25) is 0 Å². The van der Waals surface area contributed by atoms with Gasteiger partial charge in [0.25, 0.3) is 0 Å². The van der Waals surface area contributed by atoms with Gasteiger partial charge in [0.05, 0.1) is 10.6 Å². The van der Waals surface area contributed by atoms with E-state index >= 15 is 0 Å². The summed E-state index contributed by atoms with van der Waals surface area (Å²) in [7, 11) is 0. The fourth-order valence-electron chi connectivity index (χ4n) is 1.53. The second kappa shape index (κ2) is 4.06. The third-order valence-corrected chi connectivity index (χ3v) is 3.22. The average Bonchev–Trinajstić information content (AvgIpc) is 2.73. The highest BCUT2D eigenvalue weighted by Crippen LogP contribution is 2.30. The zero-order valence-corrected chi connectivity index (χ0v) is 9.84. The zero-order chi connectivity index (χ0) is 10.8. The largest absolute Gasteiger partial charge is 0.396 e. The number of nitrogens with zero attached hydrogens (tertiary/aromatic N) is 2. The van der Waals surface area contributed by atoms with E-state index in [2.05, 4.69) is 31.1 Å². The number of aromatic nitrogens is 2. The van der Waals surface area contributed by atoms with Crippen LogP contribution < -0.4 is 5.73 Å². The minimum absolute atomic E-state index is 0.769. The van der Waals surface area contributed by atoms with Crippen LogP contribution in [0, 0.1) is 6.92 Å². The highest BCUT2D eigenvalue weighted by atomic mass is 32.1. The molecule has 0 fully saturated rings. The van der Waals surface area contributed by atoms with Crippen LogP contribution in [0.4, 0.5) is 5.69 Å². The lowest BCUT2D eigenvalue weighted by Crippen LogP contribution is -1.96. The van der Waals surface area contributed by atoms with Gasteiger partial charge in [0.15, 0.2) is 0 Å². The predicted octanol–water partition coefficient (Wildman–Crippen LogP) is 2.91. The number of hydrogen-bond acceptors (Lipinski definition) is 3. The summed E-state index contributed by atoms with van der Waals surface area (Å²) in [4.78, 5) is 2.44. The van der Waals surface area contributed by atoms with E-state index in [0.717, 1.165) is 29.2 Å². The van der Waals surface area contributed by atoms with Crippen LogP contribution in [0.1, 0.15) is 18.2 Å². The van der Waals surface area contributed by atoms with Gasteiger partial charge in [0.2, 0.25) is 0 Å². The van der Waals surface area contributed by atoms with Gasteiger partial charge in [0, 0.05) is 17.6 Å². The predicted molar refractivity (Wildman–Crippen MR) is 65.0 cm³/mol. The number of rotatable bonds is 3. The molecule has 0 amide bonds. The smallest absolute Gasteiger partial charge is 0.125 e. The Balaban J connectivity index is 2.35. The quantitative estimate of drug-likeness (QED) is 0.866. The van der Waals surface area contributed by atoms with E-state index in [1.54, 1.807) is 11.3 Å². The van der Waals surface area contributed by atoms with E-state index < -0.39 is 0 Å². The molecule has 2 aromatic heterocycles. The maximum absolute atomic E-state index is 5.94. The number of nitrogen functional groups attached to an aromatic ring is 1. The molecule has 3 nitrogen and oxygen atoms in total. The zero-order valence-electron chi connectivity index (χ0n) is 9.03. The number of aryl methyl sites for hydroxylation is 2. The van der Waals surface area contributed by atoms with Crippen molar-refractivity contribution in [2.45, 2.75) is 26.8 Å². The molecule has 2 N–H and O–H groups in total. The van der Waals surface area contributed by atoms with Crippen LogP contribution in [0.15, 0.2) is 18.3 Å². The summed E-state index contributed by atoms with van der Waals surface area (Å²) in [6, 6.07) is 4.17. The van der Waals surface area contributed by atoms with Crippen molar-refractivity contribution in [1.82, 2.24) is 9.78 Å². The maximum Gasteiger partial charge on any atom is 0.125 e. The first-order valence-corrected chi connectivity index (χ1v) is 5.92. The first-order chi connectivity index (χ1) is 7.20. The van der Waals surface area contributed by atoms with Crippen molar-refractivity contribution in [3.63, 3.8) is 0 Å². The molecule has 0 radical (unpaired) electrons. The lowest BCUT2D eigenvalue weighted by molar-refractivity contribution is 0.605. The Morgan fingerprint density at radius 1 is 1.47 bits per heavy atom. The molecule has 0 saturated carbocycles.